The van der Waals surface area contributed by atoms with Gasteiger partial charge in [-0.15, -0.1) is 0 Å². The van der Waals surface area contributed by atoms with E-state index < -0.39 is 0 Å². The molecule has 1 aromatic rings. The molecule has 0 spiro atoms. The Labute approximate surface area is 129 Å². The summed E-state index contributed by atoms with van der Waals surface area (Å²) in [5.41, 5.74) is 6.73. The van der Waals surface area contributed by atoms with Gasteiger partial charge in [0.1, 0.15) is 13.2 Å². The number of nitrogens with one attached hydrogen (secondary N) is 1. The largest absolute Gasteiger partial charge is 0.486 e. The van der Waals surface area contributed by atoms with Gasteiger partial charge in [-0.2, -0.15) is 0 Å². The third-order valence-electron chi connectivity index (χ3n) is 2.90. The van der Waals surface area contributed by atoms with Crippen LogP contribution in [0.25, 0.3) is 0 Å². The van der Waals surface area contributed by atoms with Gasteiger partial charge < -0.3 is 25.3 Å². The van der Waals surface area contributed by atoms with E-state index in [0.717, 1.165) is 5.56 Å². The molecule has 1 aliphatic heterocycles. The number of aliphatic imine (C=N–C) groups is 1. The number of fused-ring (bicyclic) bond motifs is 1. The lowest BCUT2D eigenvalue weighted by atomic mass is 10.2. The Balaban J connectivity index is 2.01. The second-order valence-corrected chi connectivity index (χ2v) is 5.21. The van der Waals surface area contributed by atoms with E-state index in [4.69, 9.17) is 31.5 Å². The van der Waals surface area contributed by atoms with Crippen molar-refractivity contribution in [3.63, 3.8) is 0 Å². The molecule has 21 heavy (non-hydrogen) atoms. The Morgan fingerprint density at radius 2 is 2.24 bits per heavy atom. The van der Waals surface area contributed by atoms with E-state index in [2.05, 4.69) is 10.3 Å². The minimum Gasteiger partial charge on any atom is -0.486 e. The monoisotopic (exact) mass is 313 g/mol. The van der Waals surface area contributed by atoms with Crippen LogP contribution in [-0.2, 0) is 11.3 Å². The highest BCUT2D eigenvalue weighted by Crippen LogP contribution is 2.38. The summed E-state index contributed by atoms with van der Waals surface area (Å²) in [6.45, 7) is 3.97. The van der Waals surface area contributed by atoms with Gasteiger partial charge in [-0.25, -0.2) is 4.99 Å². The van der Waals surface area contributed by atoms with Crippen molar-refractivity contribution in [2.75, 3.05) is 26.9 Å². The van der Waals surface area contributed by atoms with Crippen molar-refractivity contribution in [1.29, 1.82) is 0 Å². The standard InChI is InChI=1S/C14H20ClN3O3/c1-9(8-19-2)18-14(16)17-7-10-5-11(15)13-12(6-10)20-3-4-21-13/h5-6,9H,3-4,7-8H2,1-2H3,(H3,16,17,18). The van der Waals surface area contributed by atoms with E-state index in [1.54, 1.807) is 7.11 Å². The Bertz CT molecular complexity index is 522. The van der Waals surface area contributed by atoms with Crippen LogP contribution >= 0.6 is 11.6 Å². The second-order valence-electron chi connectivity index (χ2n) is 4.80. The highest BCUT2D eigenvalue weighted by Gasteiger charge is 2.16. The molecule has 0 aliphatic carbocycles. The molecular weight excluding hydrogens is 294 g/mol. The van der Waals surface area contributed by atoms with E-state index in [9.17, 15) is 0 Å². The van der Waals surface area contributed by atoms with Crippen LogP contribution < -0.4 is 20.5 Å². The Hall–Kier alpha value is -1.66. The van der Waals surface area contributed by atoms with Crippen LogP contribution in [0.1, 0.15) is 12.5 Å². The number of nitrogens with zero attached hydrogens (tertiary/aromatic N) is 1. The molecule has 0 fully saturated rings. The van der Waals surface area contributed by atoms with Crippen molar-refractivity contribution in [2.24, 2.45) is 10.7 Å². The van der Waals surface area contributed by atoms with Gasteiger partial charge in [0.05, 0.1) is 18.2 Å². The summed E-state index contributed by atoms with van der Waals surface area (Å²) in [6, 6.07) is 3.78. The lowest BCUT2D eigenvalue weighted by Crippen LogP contribution is -2.40. The first kappa shape index (κ1) is 15.7. The van der Waals surface area contributed by atoms with Crippen molar-refractivity contribution >= 4 is 17.6 Å². The molecular formula is C14H20ClN3O3. The van der Waals surface area contributed by atoms with Gasteiger partial charge in [0.25, 0.3) is 0 Å². The zero-order valence-corrected chi connectivity index (χ0v) is 12.9. The van der Waals surface area contributed by atoms with Crippen LogP contribution in [0, 0.1) is 0 Å². The van der Waals surface area contributed by atoms with E-state index in [1.807, 2.05) is 19.1 Å². The summed E-state index contributed by atoms with van der Waals surface area (Å²) in [5.74, 6) is 1.61. The van der Waals surface area contributed by atoms with Gasteiger partial charge in [-0.3, -0.25) is 0 Å². The normalized spacial score (nSPS) is 15.7. The Morgan fingerprint density at radius 1 is 1.48 bits per heavy atom. The van der Waals surface area contributed by atoms with Crippen LogP contribution in [0.15, 0.2) is 17.1 Å². The van der Waals surface area contributed by atoms with Gasteiger partial charge in [-0.05, 0) is 24.6 Å². The fourth-order valence-electron chi connectivity index (χ4n) is 2.02. The molecule has 2 rings (SSSR count). The maximum absolute atomic E-state index is 6.17. The molecule has 0 aromatic heterocycles. The fourth-order valence-corrected chi connectivity index (χ4v) is 2.31. The van der Waals surface area contributed by atoms with Crippen molar-refractivity contribution in [1.82, 2.24) is 5.32 Å². The van der Waals surface area contributed by atoms with Crippen LogP contribution in [0.5, 0.6) is 11.5 Å². The zero-order chi connectivity index (χ0) is 15.2. The van der Waals surface area contributed by atoms with Gasteiger partial charge >= 0.3 is 0 Å². The third-order valence-corrected chi connectivity index (χ3v) is 3.18. The number of ether oxygens (including phenoxy) is 3. The number of rotatable bonds is 5. The number of methoxy groups -OCH3 is 1. The average molecular weight is 314 g/mol. The third kappa shape index (κ3) is 4.41. The molecule has 1 aromatic carbocycles. The van der Waals surface area contributed by atoms with E-state index in [0.29, 0.717) is 48.8 Å². The average Bonchev–Trinajstić information content (AvgIpc) is 2.45. The van der Waals surface area contributed by atoms with Gasteiger partial charge in [0.15, 0.2) is 17.5 Å². The molecule has 116 valence electrons. The van der Waals surface area contributed by atoms with Crippen LogP contribution in [0.2, 0.25) is 5.02 Å². The maximum atomic E-state index is 6.17. The SMILES string of the molecule is COCC(C)NC(N)=NCc1cc(Cl)c2c(c1)OCCO2. The molecule has 6 nitrogen and oxygen atoms in total. The lowest BCUT2D eigenvalue weighted by Gasteiger charge is -2.20. The molecule has 1 aliphatic rings. The Kier molecular flexibility index (Phi) is 5.52. The van der Waals surface area contributed by atoms with E-state index in [1.165, 1.54) is 0 Å². The first-order valence-corrected chi connectivity index (χ1v) is 7.11. The van der Waals surface area contributed by atoms with Gasteiger partial charge in [-0.1, -0.05) is 11.6 Å². The first-order valence-electron chi connectivity index (χ1n) is 6.73. The summed E-state index contributed by atoms with van der Waals surface area (Å²) in [4.78, 5) is 4.28. The minimum atomic E-state index is 0.0996. The van der Waals surface area contributed by atoms with Crippen molar-refractivity contribution in [3.05, 3.63) is 22.7 Å². The predicted octanol–water partition coefficient (Wildman–Crippen LogP) is 1.55. The van der Waals surface area contributed by atoms with Gasteiger partial charge in [0, 0.05) is 13.2 Å². The molecule has 7 heteroatoms. The Morgan fingerprint density at radius 3 is 3.00 bits per heavy atom. The molecule has 0 saturated heterocycles. The molecule has 0 saturated carbocycles. The topological polar surface area (TPSA) is 78.1 Å². The summed E-state index contributed by atoms with van der Waals surface area (Å²) < 4.78 is 16.0. The lowest BCUT2D eigenvalue weighted by molar-refractivity contribution is 0.171. The minimum absolute atomic E-state index is 0.0996. The molecule has 0 amide bonds. The summed E-state index contributed by atoms with van der Waals surface area (Å²) in [7, 11) is 1.64. The first-order chi connectivity index (χ1) is 10.1. The van der Waals surface area contributed by atoms with Crippen LogP contribution in [0.4, 0.5) is 0 Å². The molecule has 1 unspecified atom stereocenters. The molecule has 0 radical (unpaired) electrons. The molecule has 1 atom stereocenters. The summed E-state index contributed by atoms with van der Waals surface area (Å²) in [6.07, 6.45) is 0. The fraction of sp³-hybridized carbons (Fsp3) is 0.500. The molecule has 1 heterocycles. The second kappa shape index (κ2) is 7.38. The van der Waals surface area contributed by atoms with Crippen molar-refractivity contribution in [2.45, 2.75) is 19.5 Å². The molecule has 0 bridgehead atoms. The number of nitrogens with two attached hydrogens (primary N) is 1. The van der Waals surface area contributed by atoms with Crippen molar-refractivity contribution < 1.29 is 14.2 Å². The van der Waals surface area contributed by atoms with E-state index in [-0.39, 0.29) is 6.04 Å². The highest BCUT2D eigenvalue weighted by atomic mass is 35.5. The number of benzene rings is 1. The highest BCUT2D eigenvalue weighted by molar-refractivity contribution is 6.32. The molecule has 3 N–H and O–H groups in total. The number of guanidine groups is 1. The summed E-state index contributed by atoms with van der Waals surface area (Å²) in [5, 5.41) is 3.57. The summed E-state index contributed by atoms with van der Waals surface area (Å²) >= 11 is 6.17. The number of halogens is 1. The number of hydrogen-bond donors (Lipinski definition) is 2. The van der Waals surface area contributed by atoms with Crippen LogP contribution in [0.3, 0.4) is 0 Å². The predicted molar refractivity (Wildman–Crippen MR) is 82.2 cm³/mol. The van der Waals surface area contributed by atoms with Crippen molar-refractivity contribution in [3.8, 4) is 11.5 Å². The van der Waals surface area contributed by atoms with Gasteiger partial charge in [0.2, 0.25) is 0 Å². The number of hydrogen-bond acceptors (Lipinski definition) is 4. The zero-order valence-electron chi connectivity index (χ0n) is 12.2. The maximum Gasteiger partial charge on any atom is 0.189 e. The van der Waals surface area contributed by atoms with Crippen LogP contribution in [-0.4, -0.2) is 38.9 Å². The quantitative estimate of drug-likeness (QED) is 0.637. The smallest absolute Gasteiger partial charge is 0.189 e. The van der Waals surface area contributed by atoms with E-state index >= 15 is 0 Å².